The van der Waals surface area contributed by atoms with Gasteiger partial charge in [-0.3, -0.25) is 14.2 Å². The predicted octanol–water partition coefficient (Wildman–Crippen LogP) is 3.69. The van der Waals surface area contributed by atoms with E-state index in [-0.39, 0.29) is 16.9 Å². The van der Waals surface area contributed by atoms with Crippen molar-refractivity contribution >= 4 is 39.5 Å². The maximum atomic E-state index is 14.2. The number of carbonyl (C=O) groups is 1. The van der Waals surface area contributed by atoms with Gasteiger partial charge in [0.25, 0.3) is 11.5 Å². The number of amides is 1. The number of aromatic nitrogens is 5. The molecule has 2 aromatic carbocycles. The molecule has 0 aliphatic carbocycles. The Hall–Kier alpha value is -5.27. The molecule has 0 fully saturated rings. The van der Waals surface area contributed by atoms with E-state index >= 15 is 0 Å². The second-order valence-corrected chi connectivity index (χ2v) is 10.3. The molecule has 1 atom stereocenters. The zero-order valence-corrected chi connectivity index (χ0v) is 22.5. The topological polar surface area (TPSA) is 123 Å². The van der Waals surface area contributed by atoms with Crippen molar-refractivity contribution in [2.24, 2.45) is 0 Å². The van der Waals surface area contributed by atoms with Gasteiger partial charge in [-0.2, -0.15) is 0 Å². The molecule has 4 aromatic heterocycles. The number of para-hydroxylation sites is 1. The number of aromatic amines is 1. The lowest BCUT2D eigenvalue weighted by Gasteiger charge is -2.21. The van der Waals surface area contributed by atoms with E-state index in [2.05, 4.69) is 32.2 Å². The first-order valence-electron chi connectivity index (χ1n) is 12.5. The van der Waals surface area contributed by atoms with Crippen LogP contribution in [0.4, 0.5) is 5.82 Å². The Balaban J connectivity index is 1.48. The third kappa shape index (κ3) is 4.38. The van der Waals surface area contributed by atoms with Gasteiger partial charge in [-0.1, -0.05) is 36.3 Å². The molecule has 40 heavy (non-hydrogen) atoms. The van der Waals surface area contributed by atoms with Gasteiger partial charge in [-0.05, 0) is 54.4 Å². The number of aryl methyl sites for hydroxylation is 1. The first-order chi connectivity index (χ1) is 19.4. The van der Waals surface area contributed by atoms with Gasteiger partial charge < -0.3 is 11.1 Å². The van der Waals surface area contributed by atoms with Crippen LogP contribution in [-0.4, -0.2) is 25.5 Å². The number of rotatable bonds is 4. The highest BCUT2D eigenvalue weighted by Gasteiger charge is 2.27. The summed E-state index contributed by atoms with van der Waals surface area (Å²) in [6, 6.07) is 18.0. The Bertz CT molecular complexity index is 2030. The van der Waals surface area contributed by atoms with E-state index in [4.69, 9.17) is 5.73 Å². The zero-order valence-electron chi connectivity index (χ0n) is 21.7. The van der Waals surface area contributed by atoms with Crippen molar-refractivity contribution in [3.8, 4) is 17.5 Å². The lowest BCUT2D eigenvalue weighted by Crippen LogP contribution is -2.33. The van der Waals surface area contributed by atoms with Crippen molar-refractivity contribution in [2.75, 3.05) is 5.73 Å². The normalized spacial score (nSPS) is 11.8. The van der Waals surface area contributed by atoms with Gasteiger partial charge in [0.2, 0.25) is 0 Å². The summed E-state index contributed by atoms with van der Waals surface area (Å²) in [6.07, 6.45) is 3.32. The van der Waals surface area contributed by atoms with E-state index in [1.54, 1.807) is 33.1 Å². The number of anilines is 1. The van der Waals surface area contributed by atoms with Gasteiger partial charge in [-0.15, -0.1) is 15.9 Å². The lowest BCUT2D eigenvalue weighted by molar-refractivity contribution is -0.577. The fourth-order valence-electron chi connectivity index (χ4n) is 4.72. The fourth-order valence-corrected chi connectivity index (χ4v) is 5.25. The SMILES string of the molecule is Cc1scnc1C#Cc1cccc2cc(C(C)NC(=O)c3c(N)[nH][n+]4cccnc34)n(-c3ccccc3)c(=O)c12. The van der Waals surface area contributed by atoms with Crippen LogP contribution in [-0.2, 0) is 0 Å². The van der Waals surface area contributed by atoms with Crippen LogP contribution in [0.5, 0.6) is 0 Å². The van der Waals surface area contributed by atoms with Crippen LogP contribution in [0.3, 0.4) is 0 Å². The summed E-state index contributed by atoms with van der Waals surface area (Å²) >= 11 is 1.53. The monoisotopic (exact) mass is 546 g/mol. The molecule has 1 unspecified atom stereocenters. The first kappa shape index (κ1) is 25.0. The summed E-state index contributed by atoms with van der Waals surface area (Å²) in [6.45, 7) is 3.80. The average Bonchev–Trinajstić information content (AvgIpc) is 3.53. The smallest absolute Gasteiger partial charge is 0.362 e. The number of fused-ring (bicyclic) bond motifs is 2. The molecule has 196 valence electrons. The average molecular weight is 547 g/mol. The van der Waals surface area contributed by atoms with Gasteiger partial charge in [-0.25, -0.2) is 10.1 Å². The molecule has 0 aliphatic rings. The van der Waals surface area contributed by atoms with Crippen molar-refractivity contribution in [3.63, 3.8) is 0 Å². The quantitative estimate of drug-likeness (QED) is 0.230. The second kappa shape index (κ2) is 10.1. The van der Waals surface area contributed by atoms with Crippen molar-refractivity contribution in [1.29, 1.82) is 0 Å². The van der Waals surface area contributed by atoms with Crippen LogP contribution in [0.15, 0.2) is 83.4 Å². The molecular weight excluding hydrogens is 522 g/mol. The minimum atomic E-state index is -0.560. The van der Waals surface area contributed by atoms with Crippen molar-refractivity contribution in [2.45, 2.75) is 19.9 Å². The van der Waals surface area contributed by atoms with Gasteiger partial charge in [0.05, 0.1) is 16.9 Å². The minimum absolute atomic E-state index is 0.195. The Morgan fingerprint density at radius 3 is 2.73 bits per heavy atom. The van der Waals surface area contributed by atoms with Crippen LogP contribution in [0.25, 0.3) is 22.1 Å². The van der Waals surface area contributed by atoms with Crippen molar-refractivity contribution in [3.05, 3.63) is 116 Å². The fraction of sp³-hybridized carbons (Fsp3) is 0.100. The van der Waals surface area contributed by atoms with Crippen molar-refractivity contribution in [1.82, 2.24) is 25.0 Å². The number of benzene rings is 2. The Labute approximate surface area is 233 Å². The van der Waals surface area contributed by atoms with Crippen LogP contribution < -0.4 is 21.1 Å². The minimum Gasteiger partial charge on any atom is -0.382 e. The maximum Gasteiger partial charge on any atom is 0.362 e. The van der Waals surface area contributed by atoms with Gasteiger partial charge >= 0.3 is 5.65 Å². The summed E-state index contributed by atoms with van der Waals surface area (Å²) in [4.78, 5) is 37.2. The first-order valence-corrected chi connectivity index (χ1v) is 13.4. The number of hydrogen-bond acceptors (Lipinski definition) is 6. The molecule has 0 aliphatic heterocycles. The molecule has 4 heterocycles. The summed E-state index contributed by atoms with van der Waals surface area (Å²) < 4.78 is 3.21. The van der Waals surface area contributed by atoms with E-state index in [1.807, 2.05) is 68.4 Å². The summed E-state index contributed by atoms with van der Waals surface area (Å²) in [5.41, 5.74) is 10.9. The highest BCUT2D eigenvalue weighted by atomic mass is 32.1. The van der Waals surface area contributed by atoms with Crippen LogP contribution in [0.2, 0.25) is 0 Å². The summed E-state index contributed by atoms with van der Waals surface area (Å²) in [5.74, 6) is 6.05. The highest BCUT2D eigenvalue weighted by molar-refractivity contribution is 7.09. The molecule has 0 radical (unpaired) electrons. The number of nitrogens with one attached hydrogen (secondary N) is 2. The van der Waals surface area contributed by atoms with Crippen LogP contribution in [0, 0.1) is 18.8 Å². The molecule has 1 amide bonds. The number of thiazole rings is 1. The third-order valence-corrected chi connectivity index (χ3v) is 7.41. The Morgan fingerprint density at radius 2 is 1.95 bits per heavy atom. The number of pyridine rings is 1. The molecule has 4 N–H and O–H groups in total. The predicted molar refractivity (Wildman–Crippen MR) is 154 cm³/mol. The van der Waals surface area contributed by atoms with E-state index in [9.17, 15) is 9.59 Å². The van der Waals surface area contributed by atoms with E-state index in [0.29, 0.717) is 33.7 Å². The highest BCUT2D eigenvalue weighted by Crippen LogP contribution is 2.24. The van der Waals surface area contributed by atoms with Crippen LogP contribution in [0.1, 0.15) is 45.2 Å². The third-order valence-electron chi connectivity index (χ3n) is 6.65. The van der Waals surface area contributed by atoms with E-state index in [1.165, 1.54) is 11.3 Å². The molecule has 0 bridgehead atoms. The molecule has 0 spiro atoms. The van der Waals surface area contributed by atoms with Crippen LogP contribution >= 0.6 is 11.3 Å². The molecule has 6 aromatic rings. The molecular formula is C30H24N7O2S+. The summed E-state index contributed by atoms with van der Waals surface area (Å²) in [5, 5.41) is 7.15. The largest absolute Gasteiger partial charge is 0.382 e. The number of hydrogen-bond donors (Lipinski definition) is 3. The molecule has 0 saturated carbocycles. The lowest BCUT2D eigenvalue weighted by atomic mass is 10.0. The number of H-pyrrole nitrogens is 1. The van der Waals surface area contributed by atoms with Gasteiger partial charge in [0.1, 0.15) is 18.1 Å². The molecule has 6 rings (SSSR count). The van der Waals surface area contributed by atoms with E-state index < -0.39 is 11.9 Å². The number of carbonyl (C=O) groups excluding carboxylic acids is 1. The number of nitrogen functional groups attached to an aromatic ring is 1. The van der Waals surface area contributed by atoms with Crippen molar-refractivity contribution < 1.29 is 9.31 Å². The number of nitrogens with two attached hydrogens (primary N) is 1. The molecule has 9 nitrogen and oxygen atoms in total. The standard InChI is InChI=1S/C30H23N7O2S/c1-18(34-29(38)26-27(31)35-36-15-7-14-32-28(26)36)24-16-21-9-6-8-20(12-13-23-19(2)40-17-33-23)25(21)30(39)37(24)22-10-4-3-5-11-22/h3-11,14-18H,1-2H3,(H3,31,34,35,38)/p+1. The Kier molecular flexibility index (Phi) is 6.34. The van der Waals surface area contributed by atoms with Gasteiger partial charge in [0.15, 0.2) is 11.4 Å². The molecule has 0 saturated heterocycles. The second-order valence-electron chi connectivity index (χ2n) is 9.23. The summed E-state index contributed by atoms with van der Waals surface area (Å²) in [7, 11) is 0. The maximum absolute atomic E-state index is 14.2. The number of nitrogens with zero attached hydrogens (tertiary/aromatic N) is 4. The molecule has 10 heteroatoms. The Morgan fingerprint density at radius 1 is 1.12 bits per heavy atom. The zero-order chi connectivity index (χ0) is 27.8. The van der Waals surface area contributed by atoms with Gasteiger partial charge in [0, 0.05) is 27.9 Å². The van der Waals surface area contributed by atoms with E-state index in [0.717, 1.165) is 10.3 Å².